The average molecular weight is 423 g/mol. The quantitative estimate of drug-likeness (QED) is 0.355. The van der Waals surface area contributed by atoms with Gasteiger partial charge in [-0.1, -0.05) is 27.5 Å². The normalized spacial score (nSPS) is 15.6. The highest BCUT2D eigenvalue weighted by molar-refractivity contribution is 9.10. The van der Waals surface area contributed by atoms with Crippen molar-refractivity contribution in [2.45, 2.75) is 0 Å². The Morgan fingerprint density at radius 1 is 1.16 bits per heavy atom. The molecule has 1 aliphatic heterocycles. The Morgan fingerprint density at radius 2 is 1.84 bits per heavy atom. The molecule has 0 aromatic heterocycles. The summed E-state index contributed by atoms with van der Waals surface area (Å²) in [4.78, 5) is 35.0. The number of hydrogen-bond acceptors (Lipinski definition) is 4. The lowest BCUT2D eigenvalue weighted by molar-refractivity contribution is -0.384. The van der Waals surface area contributed by atoms with Crippen molar-refractivity contribution >= 4 is 56.8 Å². The highest BCUT2D eigenvalue weighted by atomic mass is 79.9. The Hall–Kier alpha value is -2.71. The number of anilines is 1. The number of hydrazine groups is 1. The second-order valence-corrected chi connectivity index (χ2v) is 6.40. The maximum Gasteiger partial charge on any atom is 0.282 e. The molecular weight excluding hydrogens is 414 g/mol. The molecule has 126 valence electrons. The van der Waals surface area contributed by atoms with Crippen LogP contribution in [0.2, 0.25) is 5.02 Å². The predicted octanol–water partition coefficient (Wildman–Crippen LogP) is 3.47. The number of amides is 2. The van der Waals surface area contributed by atoms with E-state index in [-0.39, 0.29) is 21.8 Å². The fraction of sp³-hybridized carbons (Fsp3) is 0. The minimum absolute atomic E-state index is 0.162. The highest BCUT2D eigenvalue weighted by Crippen LogP contribution is 2.27. The second-order valence-electron chi connectivity index (χ2n) is 5.08. The molecule has 2 aromatic carbocycles. The molecule has 3 rings (SSSR count). The van der Waals surface area contributed by atoms with Crippen LogP contribution in [0.3, 0.4) is 0 Å². The largest absolute Gasteiger partial charge is 0.282 e. The Kier molecular flexibility index (Phi) is 4.56. The van der Waals surface area contributed by atoms with E-state index in [1.165, 1.54) is 24.3 Å². The molecular formula is C16H9BrClN3O4. The van der Waals surface area contributed by atoms with Gasteiger partial charge in [-0.2, -0.15) is 0 Å². The van der Waals surface area contributed by atoms with E-state index in [2.05, 4.69) is 21.4 Å². The van der Waals surface area contributed by atoms with Crippen LogP contribution in [-0.4, -0.2) is 16.7 Å². The third-order valence-electron chi connectivity index (χ3n) is 3.47. The third-order valence-corrected chi connectivity index (χ3v) is 4.34. The summed E-state index contributed by atoms with van der Waals surface area (Å²) in [5, 5.41) is 12.2. The van der Waals surface area contributed by atoms with Gasteiger partial charge in [0.05, 0.1) is 10.6 Å². The van der Waals surface area contributed by atoms with Crippen molar-refractivity contribution < 1.29 is 14.5 Å². The van der Waals surface area contributed by atoms with Crippen molar-refractivity contribution in [3.63, 3.8) is 0 Å². The molecule has 1 saturated heterocycles. The van der Waals surface area contributed by atoms with Gasteiger partial charge in [0.1, 0.15) is 5.57 Å². The minimum atomic E-state index is -0.615. The van der Waals surface area contributed by atoms with E-state index < -0.39 is 16.7 Å². The van der Waals surface area contributed by atoms with Gasteiger partial charge in [0.25, 0.3) is 17.5 Å². The van der Waals surface area contributed by atoms with E-state index >= 15 is 0 Å². The zero-order valence-corrected chi connectivity index (χ0v) is 14.7. The van der Waals surface area contributed by atoms with Gasteiger partial charge < -0.3 is 0 Å². The summed E-state index contributed by atoms with van der Waals surface area (Å²) in [6, 6.07) is 10.6. The van der Waals surface area contributed by atoms with Crippen molar-refractivity contribution in [3.8, 4) is 0 Å². The fourth-order valence-electron chi connectivity index (χ4n) is 2.24. The average Bonchev–Trinajstić information content (AvgIpc) is 2.85. The van der Waals surface area contributed by atoms with E-state index in [0.29, 0.717) is 5.69 Å². The van der Waals surface area contributed by atoms with Gasteiger partial charge in [-0.05, 0) is 36.4 Å². The van der Waals surface area contributed by atoms with Crippen LogP contribution in [0.1, 0.15) is 5.56 Å². The van der Waals surface area contributed by atoms with Crippen LogP contribution in [0.4, 0.5) is 11.4 Å². The van der Waals surface area contributed by atoms with E-state index in [9.17, 15) is 19.7 Å². The lowest BCUT2D eigenvalue weighted by Crippen LogP contribution is -2.35. The summed E-state index contributed by atoms with van der Waals surface area (Å²) in [6.45, 7) is 0. The minimum Gasteiger partial charge on any atom is -0.267 e. The molecule has 1 N–H and O–H groups in total. The number of nitro benzene ring substituents is 1. The summed E-state index contributed by atoms with van der Waals surface area (Å²) < 4.78 is 0.827. The van der Waals surface area contributed by atoms with Crippen LogP contribution >= 0.6 is 27.5 Å². The van der Waals surface area contributed by atoms with Gasteiger partial charge in [0, 0.05) is 27.2 Å². The number of halogens is 2. The first-order chi connectivity index (χ1) is 11.9. The van der Waals surface area contributed by atoms with Gasteiger partial charge in [0.15, 0.2) is 0 Å². The SMILES string of the molecule is O=C1NN(c2ccc(Br)cc2)C(=O)C1=Cc1cc([N+](=O)[O-])ccc1Cl. The molecule has 1 aliphatic rings. The zero-order chi connectivity index (χ0) is 18.1. The van der Waals surface area contributed by atoms with Crippen molar-refractivity contribution in [3.05, 3.63) is 73.2 Å². The maximum atomic E-state index is 12.5. The van der Waals surface area contributed by atoms with E-state index in [0.717, 1.165) is 9.48 Å². The van der Waals surface area contributed by atoms with E-state index in [1.54, 1.807) is 24.3 Å². The highest BCUT2D eigenvalue weighted by Gasteiger charge is 2.34. The molecule has 2 amide bonds. The van der Waals surface area contributed by atoms with Crippen molar-refractivity contribution in [2.24, 2.45) is 0 Å². The Morgan fingerprint density at radius 3 is 2.48 bits per heavy atom. The number of carbonyl (C=O) groups is 2. The molecule has 9 heteroatoms. The van der Waals surface area contributed by atoms with Crippen LogP contribution in [0, 0.1) is 10.1 Å². The molecule has 0 bridgehead atoms. The summed E-state index contributed by atoms with van der Waals surface area (Å²) in [7, 11) is 0. The molecule has 0 atom stereocenters. The van der Waals surface area contributed by atoms with Gasteiger partial charge in [-0.25, -0.2) is 5.01 Å². The Bertz CT molecular complexity index is 927. The summed E-state index contributed by atoms with van der Waals surface area (Å²) in [6.07, 6.45) is 1.24. The number of nitrogens with zero attached hydrogens (tertiary/aromatic N) is 2. The molecule has 7 nitrogen and oxygen atoms in total. The number of nitro groups is 1. The van der Waals surface area contributed by atoms with E-state index in [1.807, 2.05) is 0 Å². The van der Waals surface area contributed by atoms with Crippen LogP contribution in [0.25, 0.3) is 6.08 Å². The topological polar surface area (TPSA) is 92.6 Å². The summed E-state index contributed by atoms with van der Waals surface area (Å²) >= 11 is 9.31. The van der Waals surface area contributed by atoms with Crippen molar-refractivity contribution in [1.82, 2.24) is 5.43 Å². The molecule has 25 heavy (non-hydrogen) atoms. The number of hydrogen-bond donors (Lipinski definition) is 1. The molecule has 0 aliphatic carbocycles. The lowest BCUT2D eigenvalue weighted by atomic mass is 10.1. The van der Waals surface area contributed by atoms with Crippen molar-refractivity contribution in [1.29, 1.82) is 0 Å². The van der Waals surface area contributed by atoms with Crippen LogP contribution in [0.5, 0.6) is 0 Å². The molecule has 0 saturated carbocycles. The van der Waals surface area contributed by atoms with Gasteiger partial charge in [-0.3, -0.25) is 25.1 Å². The summed E-state index contributed by atoms with van der Waals surface area (Å²) in [5.41, 5.74) is 2.80. The van der Waals surface area contributed by atoms with Gasteiger partial charge in [0.2, 0.25) is 0 Å². The van der Waals surface area contributed by atoms with Crippen LogP contribution < -0.4 is 10.4 Å². The maximum absolute atomic E-state index is 12.5. The zero-order valence-electron chi connectivity index (χ0n) is 12.4. The molecule has 0 radical (unpaired) electrons. The Labute approximate surface area is 155 Å². The summed E-state index contributed by atoms with van der Waals surface area (Å²) in [5.74, 6) is -1.19. The first-order valence-corrected chi connectivity index (χ1v) is 8.10. The third kappa shape index (κ3) is 3.40. The molecule has 2 aromatic rings. The number of benzene rings is 2. The predicted molar refractivity (Wildman–Crippen MR) is 95.9 cm³/mol. The van der Waals surface area contributed by atoms with Gasteiger partial charge in [-0.15, -0.1) is 0 Å². The lowest BCUT2D eigenvalue weighted by Gasteiger charge is -2.14. The van der Waals surface area contributed by atoms with E-state index in [4.69, 9.17) is 11.6 Å². The molecule has 1 heterocycles. The fourth-order valence-corrected chi connectivity index (χ4v) is 2.68. The number of carbonyl (C=O) groups excluding carboxylic acids is 2. The second kappa shape index (κ2) is 6.66. The molecule has 0 spiro atoms. The standard InChI is InChI=1S/C16H9BrClN3O4/c17-10-1-3-11(4-2-10)20-16(23)13(15(22)19-20)8-9-7-12(21(24)25)5-6-14(9)18/h1-8H,(H,19,22). The number of nitrogens with one attached hydrogen (secondary N) is 1. The van der Waals surface area contributed by atoms with Crippen molar-refractivity contribution in [2.75, 3.05) is 5.01 Å². The number of rotatable bonds is 3. The van der Waals surface area contributed by atoms with Gasteiger partial charge >= 0.3 is 0 Å². The smallest absolute Gasteiger partial charge is 0.267 e. The first-order valence-electron chi connectivity index (χ1n) is 6.93. The first kappa shape index (κ1) is 17.1. The number of non-ortho nitro benzene ring substituents is 1. The monoisotopic (exact) mass is 421 g/mol. The molecule has 0 unspecified atom stereocenters. The molecule has 1 fully saturated rings. The van der Waals surface area contributed by atoms with Crippen LogP contribution in [-0.2, 0) is 9.59 Å². The van der Waals surface area contributed by atoms with Crippen LogP contribution in [0.15, 0.2) is 52.5 Å². The Balaban J connectivity index is 1.98.